The van der Waals surface area contributed by atoms with E-state index in [4.69, 9.17) is 0 Å². The quantitative estimate of drug-likeness (QED) is 0.889. The van der Waals surface area contributed by atoms with Crippen LogP contribution in [-0.4, -0.2) is 24.7 Å². The lowest BCUT2D eigenvalue weighted by Crippen LogP contribution is -2.64. The molecule has 1 saturated heterocycles. The van der Waals surface area contributed by atoms with Crippen molar-refractivity contribution in [3.8, 4) is 0 Å². The molecule has 1 saturated carbocycles. The van der Waals surface area contributed by atoms with Gasteiger partial charge in [-0.25, -0.2) is 4.39 Å². The van der Waals surface area contributed by atoms with Crippen molar-refractivity contribution >= 4 is 5.69 Å². The summed E-state index contributed by atoms with van der Waals surface area (Å²) in [6.07, 6.45) is 5.20. The molecule has 1 atom stereocenters. The first-order valence-electron chi connectivity index (χ1n) is 8.29. The second kappa shape index (κ2) is 5.60. The van der Waals surface area contributed by atoms with E-state index in [2.05, 4.69) is 24.1 Å². The summed E-state index contributed by atoms with van der Waals surface area (Å²) in [6.45, 7) is 8.69. The van der Waals surface area contributed by atoms with Crippen LogP contribution in [0.3, 0.4) is 0 Å². The second-order valence-electron chi connectivity index (χ2n) is 7.24. The van der Waals surface area contributed by atoms with Gasteiger partial charge < -0.3 is 10.2 Å². The fourth-order valence-electron chi connectivity index (χ4n) is 4.12. The third kappa shape index (κ3) is 2.80. The zero-order valence-corrected chi connectivity index (χ0v) is 13.5. The molecule has 0 radical (unpaired) electrons. The summed E-state index contributed by atoms with van der Waals surface area (Å²) in [5, 5.41) is 3.84. The number of hydrogen-bond donors (Lipinski definition) is 1. The van der Waals surface area contributed by atoms with Crippen LogP contribution in [0.25, 0.3) is 0 Å². The van der Waals surface area contributed by atoms with Crippen molar-refractivity contribution in [1.82, 2.24) is 5.32 Å². The van der Waals surface area contributed by atoms with Crippen LogP contribution in [0, 0.1) is 18.7 Å². The predicted molar refractivity (Wildman–Crippen MR) is 86.3 cm³/mol. The first-order chi connectivity index (χ1) is 10.0. The molecule has 0 aromatic heterocycles. The van der Waals surface area contributed by atoms with E-state index in [0.717, 1.165) is 18.7 Å². The van der Waals surface area contributed by atoms with Crippen LogP contribution in [0.15, 0.2) is 18.2 Å². The molecular formula is C18H27FN2. The lowest BCUT2D eigenvalue weighted by atomic mass is 9.88. The highest BCUT2D eigenvalue weighted by atomic mass is 19.1. The number of hydrogen-bond acceptors (Lipinski definition) is 2. The third-order valence-corrected chi connectivity index (χ3v) is 5.36. The van der Waals surface area contributed by atoms with Gasteiger partial charge >= 0.3 is 0 Å². The van der Waals surface area contributed by atoms with Gasteiger partial charge in [-0.1, -0.05) is 26.7 Å². The van der Waals surface area contributed by atoms with Crippen molar-refractivity contribution in [3.63, 3.8) is 0 Å². The normalized spacial score (nSPS) is 25.0. The number of nitrogens with zero attached hydrogens (tertiary/aromatic N) is 1. The van der Waals surface area contributed by atoms with E-state index in [1.165, 1.54) is 31.4 Å². The molecule has 116 valence electrons. The SMILES string of the molecule is Cc1cc(F)ccc1N1CC2(CCCC2)NCC1C(C)C. The number of benzene rings is 1. The Hall–Kier alpha value is -1.09. The van der Waals surface area contributed by atoms with Gasteiger partial charge in [-0.05, 0) is 49.4 Å². The minimum atomic E-state index is -0.136. The standard InChI is InChI=1S/C18H27FN2/c1-13(2)17-11-20-18(8-4-5-9-18)12-21(17)16-7-6-15(19)10-14(16)3/h6-7,10,13,17,20H,4-5,8-9,11-12H2,1-3H3. The molecule has 1 aliphatic carbocycles. The van der Waals surface area contributed by atoms with E-state index in [0.29, 0.717) is 12.0 Å². The average molecular weight is 290 g/mol. The predicted octanol–water partition coefficient (Wildman–Crippen LogP) is 3.88. The first-order valence-corrected chi connectivity index (χ1v) is 8.29. The molecule has 21 heavy (non-hydrogen) atoms. The molecule has 2 nitrogen and oxygen atoms in total. The van der Waals surface area contributed by atoms with Gasteiger partial charge in [-0.15, -0.1) is 0 Å². The molecule has 3 heteroatoms. The van der Waals surface area contributed by atoms with Gasteiger partial charge in [0.15, 0.2) is 0 Å². The Labute approximate surface area is 127 Å². The number of anilines is 1. The van der Waals surface area contributed by atoms with E-state index in [1.54, 1.807) is 12.1 Å². The largest absolute Gasteiger partial charge is 0.365 e. The lowest BCUT2D eigenvalue weighted by Gasteiger charge is -2.49. The Morgan fingerprint density at radius 1 is 1.29 bits per heavy atom. The summed E-state index contributed by atoms with van der Waals surface area (Å²) in [7, 11) is 0. The third-order valence-electron chi connectivity index (χ3n) is 5.36. The maximum Gasteiger partial charge on any atom is 0.123 e. The molecule has 1 unspecified atom stereocenters. The van der Waals surface area contributed by atoms with Gasteiger partial charge in [0.1, 0.15) is 5.82 Å². The summed E-state index contributed by atoms with van der Waals surface area (Å²) < 4.78 is 13.4. The van der Waals surface area contributed by atoms with Gasteiger partial charge in [0.2, 0.25) is 0 Å². The van der Waals surface area contributed by atoms with Crippen LogP contribution in [0.2, 0.25) is 0 Å². The number of halogens is 1. The molecule has 2 aliphatic rings. The van der Waals surface area contributed by atoms with Gasteiger partial charge in [-0.2, -0.15) is 0 Å². The van der Waals surface area contributed by atoms with Crippen molar-refractivity contribution in [2.24, 2.45) is 5.92 Å². The van der Waals surface area contributed by atoms with Crippen LogP contribution in [0.4, 0.5) is 10.1 Å². The molecule has 0 bridgehead atoms. The molecule has 1 aliphatic heterocycles. The zero-order valence-electron chi connectivity index (χ0n) is 13.5. The van der Waals surface area contributed by atoms with Crippen LogP contribution < -0.4 is 10.2 Å². The molecule has 0 amide bonds. The second-order valence-corrected chi connectivity index (χ2v) is 7.24. The lowest BCUT2D eigenvalue weighted by molar-refractivity contribution is 0.245. The first kappa shape index (κ1) is 14.8. The molecule has 3 rings (SSSR count). The molecule has 1 heterocycles. The van der Waals surface area contributed by atoms with Gasteiger partial charge in [-0.3, -0.25) is 0 Å². The molecule has 1 aromatic carbocycles. The summed E-state index contributed by atoms with van der Waals surface area (Å²) >= 11 is 0. The van der Waals surface area contributed by atoms with Gasteiger partial charge in [0, 0.05) is 30.4 Å². The highest BCUT2D eigenvalue weighted by Gasteiger charge is 2.42. The summed E-state index contributed by atoms with van der Waals surface area (Å²) in [5.41, 5.74) is 2.55. The van der Waals surface area contributed by atoms with E-state index < -0.39 is 0 Å². The van der Waals surface area contributed by atoms with Crippen LogP contribution >= 0.6 is 0 Å². The fraction of sp³-hybridized carbons (Fsp3) is 0.667. The molecule has 1 spiro atoms. The maximum absolute atomic E-state index is 13.4. The van der Waals surface area contributed by atoms with Crippen molar-refractivity contribution in [2.75, 3.05) is 18.0 Å². The summed E-state index contributed by atoms with van der Waals surface area (Å²) in [5.74, 6) is 0.448. The number of aryl methyl sites for hydroxylation is 1. The van der Waals surface area contributed by atoms with Crippen molar-refractivity contribution in [2.45, 2.75) is 58.0 Å². The van der Waals surface area contributed by atoms with E-state index in [-0.39, 0.29) is 11.4 Å². The number of nitrogens with one attached hydrogen (secondary N) is 1. The summed E-state index contributed by atoms with van der Waals surface area (Å²) in [4.78, 5) is 2.54. The van der Waals surface area contributed by atoms with Crippen molar-refractivity contribution in [3.05, 3.63) is 29.6 Å². The Bertz CT molecular complexity index is 506. The van der Waals surface area contributed by atoms with E-state index in [1.807, 2.05) is 13.0 Å². The topological polar surface area (TPSA) is 15.3 Å². The average Bonchev–Trinajstić information content (AvgIpc) is 2.86. The van der Waals surface area contributed by atoms with Crippen molar-refractivity contribution in [1.29, 1.82) is 0 Å². The van der Waals surface area contributed by atoms with E-state index in [9.17, 15) is 4.39 Å². The number of rotatable bonds is 2. The molecule has 1 N–H and O–H groups in total. The maximum atomic E-state index is 13.4. The number of piperazine rings is 1. The monoisotopic (exact) mass is 290 g/mol. The van der Waals surface area contributed by atoms with Gasteiger partial charge in [0.05, 0.1) is 0 Å². The van der Waals surface area contributed by atoms with Crippen LogP contribution in [-0.2, 0) is 0 Å². The molecule has 1 aromatic rings. The van der Waals surface area contributed by atoms with E-state index >= 15 is 0 Å². The van der Waals surface area contributed by atoms with Crippen molar-refractivity contribution < 1.29 is 4.39 Å². The smallest absolute Gasteiger partial charge is 0.123 e. The zero-order chi connectivity index (χ0) is 15.0. The Morgan fingerprint density at radius 2 is 2.00 bits per heavy atom. The summed E-state index contributed by atoms with van der Waals surface area (Å²) in [6, 6.07) is 5.72. The highest BCUT2D eigenvalue weighted by Crippen LogP contribution is 2.37. The Kier molecular flexibility index (Phi) is 3.96. The minimum Gasteiger partial charge on any atom is -0.365 e. The molecular weight excluding hydrogens is 263 g/mol. The van der Waals surface area contributed by atoms with Crippen LogP contribution in [0.1, 0.15) is 45.1 Å². The van der Waals surface area contributed by atoms with Gasteiger partial charge in [0.25, 0.3) is 0 Å². The minimum absolute atomic E-state index is 0.136. The highest BCUT2D eigenvalue weighted by molar-refractivity contribution is 5.55. The van der Waals surface area contributed by atoms with Crippen LogP contribution in [0.5, 0.6) is 0 Å². The molecule has 2 fully saturated rings. The Balaban J connectivity index is 1.93. The fourth-order valence-corrected chi connectivity index (χ4v) is 4.12. The Morgan fingerprint density at radius 3 is 2.62 bits per heavy atom.